The summed E-state index contributed by atoms with van der Waals surface area (Å²) in [5, 5.41) is 11.6. The molecule has 0 aliphatic carbocycles. The van der Waals surface area contributed by atoms with E-state index in [0.717, 1.165) is 24.3 Å². The molecule has 3 aromatic carbocycles. The summed E-state index contributed by atoms with van der Waals surface area (Å²) in [7, 11) is -4.40. The van der Waals surface area contributed by atoms with Crippen LogP contribution in [0.3, 0.4) is 0 Å². The van der Waals surface area contributed by atoms with Crippen LogP contribution < -0.4 is 19.1 Å². The number of halogens is 3. The zero-order chi connectivity index (χ0) is 37.6. The van der Waals surface area contributed by atoms with E-state index in [-0.39, 0.29) is 50.3 Å². The molecule has 0 saturated carbocycles. The molecule has 0 unspecified atom stereocenters. The van der Waals surface area contributed by atoms with Crippen molar-refractivity contribution >= 4 is 27.3 Å². The number of sulfonamides is 1. The number of hydrogen-bond acceptors (Lipinski definition) is 9. The molecule has 0 spiro atoms. The van der Waals surface area contributed by atoms with Crippen molar-refractivity contribution in [3.05, 3.63) is 106 Å². The molecule has 1 fully saturated rings. The number of alkyl halides is 3. The number of piperazine rings is 1. The molecule has 1 aliphatic rings. The number of aromatic nitrogens is 1. The number of nitrogens with one attached hydrogen (secondary N) is 1. The molecule has 1 atom stereocenters. The SMILES string of the molecule is CCOc1ccc(C(=O)N2CCN(c3ccc(-c4ccccc4OCC)nc3CNS(=O)(=O)c3ccccc3[N+](=O)[O-])[C@H](CC)C2)c(C(F)(F)F)c1. The molecule has 1 N–H and O–H groups in total. The summed E-state index contributed by atoms with van der Waals surface area (Å²) in [5.41, 5.74) is -0.214. The van der Waals surface area contributed by atoms with E-state index in [0.29, 0.717) is 35.7 Å². The Morgan fingerprint density at radius 1 is 0.981 bits per heavy atom. The highest BCUT2D eigenvalue weighted by atomic mass is 32.2. The minimum Gasteiger partial charge on any atom is -0.494 e. The lowest BCUT2D eigenvalue weighted by atomic mass is 10.0. The minimum atomic E-state index is -4.79. The lowest BCUT2D eigenvalue weighted by molar-refractivity contribution is -0.387. The van der Waals surface area contributed by atoms with Gasteiger partial charge in [0.25, 0.3) is 11.6 Å². The summed E-state index contributed by atoms with van der Waals surface area (Å²) in [5.74, 6) is -0.206. The van der Waals surface area contributed by atoms with Crippen LogP contribution in [0.1, 0.15) is 48.8 Å². The van der Waals surface area contributed by atoms with Gasteiger partial charge in [0.15, 0.2) is 4.90 Å². The van der Waals surface area contributed by atoms with E-state index >= 15 is 0 Å². The van der Waals surface area contributed by atoms with Crippen LogP contribution in [0.5, 0.6) is 11.5 Å². The van der Waals surface area contributed by atoms with Crippen molar-refractivity contribution in [3.63, 3.8) is 0 Å². The number of amides is 1. The largest absolute Gasteiger partial charge is 0.494 e. The Hall–Kier alpha value is -5.22. The maximum atomic E-state index is 14.1. The van der Waals surface area contributed by atoms with Gasteiger partial charge in [-0.05, 0) is 68.8 Å². The number of benzene rings is 3. The number of nitrogens with zero attached hydrogens (tertiary/aromatic N) is 4. The number of hydrogen-bond donors (Lipinski definition) is 1. The molecule has 16 heteroatoms. The highest BCUT2D eigenvalue weighted by Crippen LogP contribution is 2.37. The van der Waals surface area contributed by atoms with Gasteiger partial charge in [0.05, 0.1) is 52.9 Å². The lowest BCUT2D eigenvalue weighted by Gasteiger charge is -2.43. The van der Waals surface area contributed by atoms with Crippen molar-refractivity contribution in [2.45, 2.75) is 50.9 Å². The van der Waals surface area contributed by atoms with Crippen LogP contribution in [0.15, 0.2) is 83.8 Å². The van der Waals surface area contributed by atoms with Gasteiger partial charge in [-0.3, -0.25) is 14.9 Å². The number of nitro benzene ring substituents is 1. The van der Waals surface area contributed by atoms with Crippen molar-refractivity contribution in [3.8, 4) is 22.8 Å². The number of carbonyl (C=O) groups excluding carboxylic acids is 1. The molecular formula is C36H38F3N5O7S. The average molecular weight is 742 g/mol. The number of ether oxygens (including phenoxy) is 2. The zero-order valence-corrected chi connectivity index (χ0v) is 29.5. The highest BCUT2D eigenvalue weighted by molar-refractivity contribution is 7.89. The standard InChI is InChI=1S/C36H38F3N5O7S/c1-4-24-23-42(35(45)26-16-15-25(50-5-2)21-28(26)36(37,38)39)19-20-43(24)31-18-17-29(27-11-7-9-13-33(27)51-6-3)41-30(31)22-40-52(48,49)34-14-10-8-12-32(34)44(46)47/h7-18,21,24,40H,4-6,19-20,22-23H2,1-3H3/t24-/m1/s1. The zero-order valence-electron chi connectivity index (χ0n) is 28.7. The first-order valence-electron chi connectivity index (χ1n) is 16.6. The smallest absolute Gasteiger partial charge is 0.417 e. The predicted octanol–water partition coefficient (Wildman–Crippen LogP) is 6.69. The Labute approximate surface area is 299 Å². The molecule has 1 saturated heterocycles. The van der Waals surface area contributed by atoms with E-state index in [9.17, 15) is 36.5 Å². The summed E-state index contributed by atoms with van der Waals surface area (Å²) >= 11 is 0. The lowest BCUT2D eigenvalue weighted by Crippen LogP contribution is -2.55. The third-order valence-electron chi connectivity index (χ3n) is 8.58. The second-order valence-corrected chi connectivity index (χ2v) is 13.5. The van der Waals surface area contributed by atoms with E-state index < -0.39 is 48.7 Å². The summed E-state index contributed by atoms with van der Waals surface area (Å²) in [6, 6.07) is 18.6. The van der Waals surface area contributed by atoms with E-state index in [2.05, 4.69) is 4.72 Å². The van der Waals surface area contributed by atoms with Crippen molar-refractivity contribution < 1.29 is 40.8 Å². The Balaban J connectivity index is 1.49. The van der Waals surface area contributed by atoms with Crippen LogP contribution in [0.4, 0.5) is 24.5 Å². The molecule has 0 radical (unpaired) electrons. The topological polar surface area (TPSA) is 144 Å². The monoisotopic (exact) mass is 741 g/mol. The Kier molecular flexibility index (Phi) is 11.7. The quantitative estimate of drug-likeness (QED) is 0.117. The molecule has 0 bridgehead atoms. The molecule has 1 aliphatic heterocycles. The first-order valence-corrected chi connectivity index (χ1v) is 18.1. The first-order chi connectivity index (χ1) is 24.8. The van der Waals surface area contributed by atoms with Gasteiger partial charge in [-0.25, -0.2) is 18.1 Å². The fourth-order valence-electron chi connectivity index (χ4n) is 6.15. The number of anilines is 1. The highest BCUT2D eigenvalue weighted by Gasteiger charge is 2.39. The van der Waals surface area contributed by atoms with Crippen LogP contribution in [0.2, 0.25) is 0 Å². The third kappa shape index (κ3) is 8.29. The van der Waals surface area contributed by atoms with Crippen LogP contribution in [0.25, 0.3) is 11.3 Å². The number of pyridine rings is 1. The van der Waals surface area contributed by atoms with Gasteiger partial charge in [-0.1, -0.05) is 31.2 Å². The maximum Gasteiger partial charge on any atom is 0.417 e. The molecule has 2 heterocycles. The van der Waals surface area contributed by atoms with Gasteiger partial charge >= 0.3 is 6.18 Å². The summed E-state index contributed by atoms with van der Waals surface area (Å²) in [6.07, 6.45) is -4.31. The average Bonchev–Trinajstić information content (AvgIpc) is 3.13. The molecular weight excluding hydrogens is 703 g/mol. The second-order valence-electron chi connectivity index (χ2n) is 11.8. The molecule has 4 aromatic rings. The number of nitro groups is 1. The van der Waals surface area contributed by atoms with Gasteiger partial charge in [0, 0.05) is 37.3 Å². The fourth-order valence-corrected chi connectivity index (χ4v) is 7.31. The van der Waals surface area contributed by atoms with Gasteiger partial charge < -0.3 is 19.3 Å². The number of rotatable bonds is 13. The Bertz CT molecular complexity index is 2040. The van der Waals surface area contributed by atoms with Gasteiger partial charge in [-0.2, -0.15) is 13.2 Å². The summed E-state index contributed by atoms with van der Waals surface area (Å²) < 4.78 is 82.6. The van der Waals surface area contributed by atoms with Crippen LogP contribution in [0, 0.1) is 10.1 Å². The normalized spacial score (nSPS) is 15.0. The van der Waals surface area contributed by atoms with E-state index in [1.807, 2.05) is 36.9 Å². The summed E-state index contributed by atoms with van der Waals surface area (Å²) in [6.45, 7) is 5.90. The van der Waals surface area contributed by atoms with Crippen LogP contribution >= 0.6 is 0 Å². The van der Waals surface area contributed by atoms with Gasteiger partial charge in [0.1, 0.15) is 11.5 Å². The molecule has 5 rings (SSSR count). The van der Waals surface area contributed by atoms with Crippen molar-refractivity contribution in [2.75, 3.05) is 37.7 Å². The van der Waals surface area contributed by atoms with Crippen molar-refractivity contribution in [2.24, 2.45) is 0 Å². The predicted molar refractivity (Wildman–Crippen MR) is 188 cm³/mol. The molecule has 276 valence electrons. The van der Waals surface area contributed by atoms with Gasteiger partial charge in [-0.15, -0.1) is 0 Å². The molecule has 1 aromatic heterocycles. The van der Waals surface area contributed by atoms with E-state index in [1.54, 1.807) is 25.1 Å². The maximum absolute atomic E-state index is 14.1. The Morgan fingerprint density at radius 2 is 1.69 bits per heavy atom. The van der Waals surface area contributed by atoms with Gasteiger partial charge in [0.2, 0.25) is 10.0 Å². The number of carbonyl (C=O) groups is 1. The van der Waals surface area contributed by atoms with E-state index in [4.69, 9.17) is 14.5 Å². The summed E-state index contributed by atoms with van der Waals surface area (Å²) in [4.78, 5) is 32.2. The van der Waals surface area contributed by atoms with Crippen molar-refractivity contribution in [1.29, 1.82) is 0 Å². The third-order valence-corrected chi connectivity index (χ3v) is 10.0. The minimum absolute atomic E-state index is 0.00692. The van der Waals surface area contributed by atoms with Crippen LogP contribution in [-0.4, -0.2) is 68.0 Å². The molecule has 1 amide bonds. The molecule has 12 nitrogen and oxygen atoms in total. The first kappa shape index (κ1) is 38.0. The molecule has 52 heavy (non-hydrogen) atoms. The number of para-hydroxylation sites is 2. The fraction of sp³-hybridized carbons (Fsp3) is 0.333. The Morgan fingerprint density at radius 3 is 2.38 bits per heavy atom. The van der Waals surface area contributed by atoms with E-state index in [1.165, 1.54) is 23.1 Å². The second kappa shape index (κ2) is 16.0. The van der Waals surface area contributed by atoms with Crippen LogP contribution in [-0.2, 0) is 22.7 Å². The van der Waals surface area contributed by atoms with Crippen molar-refractivity contribution in [1.82, 2.24) is 14.6 Å².